The van der Waals surface area contributed by atoms with E-state index in [-0.39, 0.29) is 11.6 Å². The van der Waals surface area contributed by atoms with Crippen LogP contribution in [-0.4, -0.2) is 16.0 Å². The van der Waals surface area contributed by atoms with Gasteiger partial charge in [0.15, 0.2) is 5.82 Å². The van der Waals surface area contributed by atoms with E-state index < -0.39 is 0 Å². The monoisotopic (exact) mass is 241 g/mol. The molecule has 1 atom stereocenters. The smallest absolute Gasteiger partial charge is 0.290 e. The van der Waals surface area contributed by atoms with Crippen LogP contribution in [0.15, 0.2) is 41.5 Å². The van der Waals surface area contributed by atoms with Crippen LogP contribution in [0.2, 0.25) is 0 Å². The second kappa shape index (κ2) is 4.64. The molecule has 0 amide bonds. The predicted molar refractivity (Wildman–Crippen MR) is 70.7 cm³/mol. The molecule has 18 heavy (non-hydrogen) atoms. The lowest BCUT2D eigenvalue weighted by atomic mass is 9.88. The van der Waals surface area contributed by atoms with Gasteiger partial charge in [-0.15, -0.1) is 0 Å². The Bertz CT molecular complexity index is 606. The third-order valence-corrected chi connectivity index (χ3v) is 3.40. The summed E-state index contributed by atoms with van der Waals surface area (Å²) in [5.41, 5.74) is 2.63. The Balaban J connectivity index is 1.77. The zero-order valence-electron chi connectivity index (χ0n) is 10.0. The molecule has 3 rings (SSSR count). The van der Waals surface area contributed by atoms with E-state index >= 15 is 0 Å². The Hall–Kier alpha value is -2.10. The molecule has 0 bridgehead atoms. The van der Waals surface area contributed by atoms with E-state index in [1.165, 1.54) is 11.1 Å². The summed E-state index contributed by atoms with van der Waals surface area (Å²) < 4.78 is 0. The van der Waals surface area contributed by atoms with Gasteiger partial charge in [-0.1, -0.05) is 24.3 Å². The fraction of sp³-hybridized carbons (Fsp3) is 0.286. The Morgan fingerprint density at radius 2 is 2.11 bits per heavy atom. The van der Waals surface area contributed by atoms with E-state index in [1.807, 2.05) is 0 Å². The summed E-state index contributed by atoms with van der Waals surface area (Å²) in [6, 6.07) is 8.77. The van der Waals surface area contributed by atoms with Gasteiger partial charge in [0.25, 0.3) is 5.56 Å². The number of aryl methyl sites for hydroxylation is 1. The zero-order valence-corrected chi connectivity index (χ0v) is 10.0. The molecule has 1 aliphatic carbocycles. The standard InChI is InChI=1S/C14H15N3O/c18-14-13(15-7-8-16-14)17-12-6-5-10-3-1-2-4-11(10)9-12/h1-4,7-8,12H,5-6,9H2,(H,15,17)(H,16,18). The third kappa shape index (κ3) is 2.14. The summed E-state index contributed by atoms with van der Waals surface area (Å²) in [5.74, 6) is 0.418. The van der Waals surface area contributed by atoms with Crippen LogP contribution in [0.5, 0.6) is 0 Å². The lowest BCUT2D eigenvalue weighted by molar-refractivity contribution is 0.607. The summed E-state index contributed by atoms with van der Waals surface area (Å²) in [7, 11) is 0. The fourth-order valence-corrected chi connectivity index (χ4v) is 2.47. The van der Waals surface area contributed by atoms with Crippen LogP contribution in [-0.2, 0) is 12.8 Å². The van der Waals surface area contributed by atoms with Crippen molar-refractivity contribution in [3.05, 3.63) is 58.1 Å². The number of hydrogen-bond acceptors (Lipinski definition) is 3. The van der Waals surface area contributed by atoms with E-state index in [1.54, 1.807) is 12.4 Å². The van der Waals surface area contributed by atoms with Gasteiger partial charge >= 0.3 is 0 Å². The van der Waals surface area contributed by atoms with Crippen molar-refractivity contribution in [3.8, 4) is 0 Å². The summed E-state index contributed by atoms with van der Waals surface area (Å²) in [4.78, 5) is 18.3. The Morgan fingerprint density at radius 1 is 1.28 bits per heavy atom. The van der Waals surface area contributed by atoms with Crippen molar-refractivity contribution in [2.24, 2.45) is 0 Å². The van der Waals surface area contributed by atoms with Gasteiger partial charge < -0.3 is 10.3 Å². The molecule has 0 saturated heterocycles. The summed E-state index contributed by atoms with van der Waals surface area (Å²) in [6.45, 7) is 0. The minimum Gasteiger partial charge on any atom is -0.362 e. The molecule has 2 aromatic rings. The van der Waals surface area contributed by atoms with Crippen LogP contribution in [0.4, 0.5) is 5.82 Å². The summed E-state index contributed by atoms with van der Waals surface area (Å²) >= 11 is 0. The highest BCUT2D eigenvalue weighted by molar-refractivity contribution is 5.36. The molecule has 4 heteroatoms. The maximum absolute atomic E-state index is 11.6. The molecule has 1 unspecified atom stereocenters. The van der Waals surface area contributed by atoms with Crippen LogP contribution < -0.4 is 10.9 Å². The lowest BCUT2D eigenvalue weighted by Gasteiger charge is -2.25. The average molecular weight is 241 g/mol. The largest absolute Gasteiger partial charge is 0.362 e. The van der Waals surface area contributed by atoms with Gasteiger partial charge in [0.1, 0.15) is 0 Å². The van der Waals surface area contributed by atoms with Crippen LogP contribution in [0, 0.1) is 0 Å². The number of fused-ring (bicyclic) bond motifs is 1. The predicted octanol–water partition coefficient (Wildman–Crippen LogP) is 1.74. The molecular weight excluding hydrogens is 226 g/mol. The minimum atomic E-state index is -0.156. The first-order valence-corrected chi connectivity index (χ1v) is 6.20. The quantitative estimate of drug-likeness (QED) is 0.842. The summed E-state index contributed by atoms with van der Waals surface area (Å²) in [5, 5.41) is 3.24. The highest BCUT2D eigenvalue weighted by atomic mass is 16.1. The van der Waals surface area contributed by atoms with E-state index in [0.717, 1.165) is 19.3 Å². The highest BCUT2D eigenvalue weighted by Gasteiger charge is 2.18. The number of hydrogen-bond donors (Lipinski definition) is 2. The van der Waals surface area contributed by atoms with Gasteiger partial charge in [0.2, 0.25) is 0 Å². The highest BCUT2D eigenvalue weighted by Crippen LogP contribution is 2.22. The number of nitrogens with one attached hydrogen (secondary N) is 2. The Morgan fingerprint density at radius 3 is 2.94 bits per heavy atom. The SMILES string of the molecule is O=c1[nH]ccnc1NC1CCc2ccccc2C1. The number of H-pyrrole nitrogens is 1. The zero-order chi connectivity index (χ0) is 12.4. The van der Waals surface area contributed by atoms with Crippen LogP contribution in [0.25, 0.3) is 0 Å². The number of aromatic nitrogens is 2. The molecule has 92 valence electrons. The Kier molecular flexibility index (Phi) is 2.84. The van der Waals surface area contributed by atoms with Crippen molar-refractivity contribution in [2.75, 3.05) is 5.32 Å². The number of rotatable bonds is 2. The van der Waals surface area contributed by atoms with E-state index in [2.05, 4.69) is 39.6 Å². The topological polar surface area (TPSA) is 57.8 Å². The fourth-order valence-electron chi connectivity index (χ4n) is 2.47. The van der Waals surface area contributed by atoms with Gasteiger partial charge in [0, 0.05) is 18.4 Å². The second-order valence-electron chi connectivity index (χ2n) is 4.62. The van der Waals surface area contributed by atoms with Gasteiger partial charge in [-0.25, -0.2) is 4.98 Å². The molecule has 0 aliphatic heterocycles. The molecule has 1 heterocycles. The summed E-state index contributed by atoms with van der Waals surface area (Å²) in [6.07, 6.45) is 6.18. The normalized spacial score (nSPS) is 18.1. The number of anilines is 1. The molecule has 1 aromatic carbocycles. The molecule has 0 radical (unpaired) electrons. The first-order chi connectivity index (χ1) is 8.83. The maximum atomic E-state index is 11.6. The van der Waals surface area contributed by atoms with E-state index in [4.69, 9.17) is 0 Å². The molecule has 1 aliphatic rings. The van der Waals surface area contributed by atoms with E-state index in [0.29, 0.717) is 5.82 Å². The second-order valence-corrected chi connectivity index (χ2v) is 4.62. The van der Waals surface area contributed by atoms with Crippen molar-refractivity contribution in [3.63, 3.8) is 0 Å². The molecule has 0 saturated carbocycles. The molecular formula is C14H15N3O. The first-order valence-electron chi connectivity index (χ1n) is 6.20. The van der Waals surface area contributed by atoms with E-state index in [9.17, 15) is 4.79 Å². The van der Waals surface area contributed by atoms with Crippen molar-refractivity contribution in [1.82, 2.24) is 9.97 Å². The van der Waals surface area contributed by atoms with Gasteiger partial charge in [-0.2, -0.15) is 0 Å². The number of aromatic amines is 1. The molecule has 2 N–H and O–H groups in total. The van der Waals surface area contributed by atoms with Crippen molar-refractivity contribution < 1.29 is 0 Å². The van der Waals surface area contributed by atoms with Crippen molar-refractivity contribution in [2.45, 2.75) is 25.3 Å². The van der Waals surface area contributed by atoms with Gasteiger partial charge in [0.05, 0.1) is 0 Å². The van der Waals surface area contributed by atoms with Crippen LogP contribution in [0.1, 0.15) is 17.5 Å². The lowest BCUT2D eigenvalue weighted by Crippen LogP contribution is -2.30. The minimum absolute atomic E-state index is 0.156. The first kappa shape index (κ1) is 11.0. The van der Waals surface area contributed by atoms with Crippen molar-refractivity contribution >= 4 is 5.82 Å². The molecule has 4 nitrogen and oxygen atoms in total. The molecule has 0 fully saturated rings. The van der Waals surface area contributed by atoms with Crippen LogP contribution in [0.3, 0.4) is 0 Å². The average Bonchev–Trinajstić information content (AvgIpc) is 2.41. The third-order valence-electron chi connectivity index (χ3n) is 3.40. The maximum Gasteiger partial charge on any atom is 0.290 e. The Labute approximate surface area is 105 Å². The van der Waals surface area contributed by atoms with Crippen molar-refractivity contribution in [1.29, 1.82) is 0 Å². The van der Waals surface area contributed by atoms with Gasteiger partial charge in [-0.3, -0.25) is 4.79 Å². The van der Waals surface area contributed by atoms with Crippen LogP contribution >= 0.6 is 0 Å². The number of nitrogens with zero attached hydrogens (tertiary/aromatic N) is 1. The van der Waals surface area contributed by atoms with Gasteiger partial charge in [-0.05, 0) is 30.4 Å². The molecule has 1 aromatic heterocycles. The molecule has 0 spiro atoms. The number of benzene rings is 1.